The van der Waals surface area contributed by atoms with Crippen LogP contribution in [0.15, 0.2) is 29.4 Å². The minimum atomic E-state index is 0.197. The van der Waals surface area contributed by atoms with Crippen LogP contribution >= 0.6 is 11.8 Å². The van der Waals surface area contributed by atoms with Gasteiger partial charge in [-0.05, 0) is 37.1 Å². The molecule has 0 aliphatic carbocycles. The van der Waals surface area contributed by atoms with Crippen LogP contribution in [-0.4, -0.2) is 47.0 Å². The van der Waals surface area contributed by atoms with Crippen molar-refractivity contribution in [2.45, 2.75) is 24.6 Å². The van der Waals surface area contributed by atoms with Crippen molar-refractivity contribution in [1.29, 1.82) is 0 Å². The molecule has 24 heavy (non-hydrogen) atoms. The van der Waals surface area contributed by atoms with Crippen molar-refractivity contribution in [3.63, 3.8) is 0 Å². The molecule has 1 saturated heterocycles. The molecule has 2 aromatic heterocycles. The molecule has 3 heterocycles. The fourth-order valence-corrected chi connectivity index (χ4v) is 3.94. The van der Waals surface area contributed by atoms with E-state index in [-0.39, 0.29) is 6.10 Å². The molecule has 1 unspecified atom stereocenters. The number of hydrogen-bond acceptors (Lipinski definition) is 6. The van der Waals surface area contributed by atoms with Crippen LogP contribution in [0.4, 0.5) is 0 Å². The third-order valence-corrected chi connectivity index (χ3v) is 5.31. The maximum Gasteiger partial charge on any atom is 0.196 e. The first kappa shape index (κ1) is 15.7. The zero-order valence-electron chi connectivity index (χ0n) is 13.7. The number of thioether (sulfide) groups is 1. The van der Waals surface area contributed by atoms with Gasteiger partial charge < -0.3 is 14.2 Å². The van der Waals surface area contributed by atoms with Gasteiger partial charge in [-0.1, -0.05) is 11.8 Å². The zero-order valence-corrected chi connectivity index (χ0v) is 14.5. The fraction of sp³-hybridized carbons (Fsp3) is 0.412. The molecule has 1 fully saturated rings. The standard InChI is InChI=1S/C17H19N3O3S/c1-11-7-16-18-19-17(24-9-13-5-6-22-10-23-13)20(16)15-8-12(21-2)3-4-14(11)15/h3-4,7-8,13H,5-6,9-10H2,1-2H3. The summed E-state index contributed by atoms with van der Waals surface area (Å²) in [6.07, 6.45) is 1.11. The Kier molecular flexibility index (Phi) is 4.30. The predicted molar refractivity (Wildman–Crippen MR) is 92.8 cm³/mol. The molecule has 1 atom stereocenters. The quantitative estimate of drug-likeness (QED) is 0.678. The lowest BCUT2D eigenvalue weighted by Gasteiger charge is -2.21. The molecule has 0 radical (unpaired) electrons. The summed E-state index contributed by atoms with van der Waals surface area (Å²) in [5, 5.41) is 10.8. The molecule has 0 saturated carbocycles. The molecule has 0 amide bonds. The molecular formula is C17H19N3O3S. The predicted octanol–water partition coefficient (Wildman–Crippen LogP) is 3.05. The number of methoxy groups -OCH3 is 1. The third-order valence-electron chi connectivity index (χ3n) is 4.24. The van der Waals surface area contributed by atoms with E-state index in [4.69, 9.17) is 14.2 Å². The van der Waals surface area contributed by atoms with E-state index in [0.29, 0.717) is 6.79 Å². The van der Waals surface area contributed by atoms with Gasteiger partial charge in [-0.3, -0.25) is 4.40 Å². The SMILES string of the molecule is COc1ccc2c(C)cc3nnc(SCC4CCOCO4)n3c2c1. The van der Waals surface area contributed by atoms with Crippen molar-refractivity contribution in [1.82, 2.24) is 14.6 Å². The topological polar surface area (TPSA) is 57.9 Å². The van der Waals surface area contributed by atoms with E-state index < -0.39 is 0 Å². The van der Waals surface area contributed by atoms with Gasteiger partial charge in [0.15, 0.2) is 10.8 Å². The van der Waals surface area contributed by atoms with E-state index in [1.165, 1.54) is 10.9 Å². The Balaban J connectivity index is 1.74. The summed E-state index contributed by atoms with van der Waals surface area (Å²) in [5.74, 6) is 1.66. The number of aromatic nitrogens is 3. The molecular weight excluding hydrogens is 326 g/mol. The molecule has 4 rings (SSSR count). The first-order valence-corrected chi connectivity index (χ1v) is 8.89. The summed E-state index contributed by atoms with van der Waals surface area (Å²) in [6, 6.07) is 8.16. The van der Waals surface area contributed by atoms with Crippen molar-refractivity contribution in [2.24, 2.45) is 0 Å². The molecule has 1 aliphatic rings. The van der Waals surface area contributed by atoms with Gasteiger partial charge in [0.1, 0.15) is 12.5 Å². The Morgan fingerprint density at radius 1 is 1.33 bits per heavy atom. The highest BCUT2D eigenvalue weighted by Gasteiger charge is 2.17. The first-order valence-electron chi connectivity index (χ1n) is 7.91. The number of pyridine rings is 1. The minimum absolute atomic E-state index is 0.197. The van der Waals surface area contributed by atoms with Crippen LogP contribution < -0.4 is 4.74 Å². The smallest absolute Gasteiger partial charge is 0.196 e. The maximum absolute atomic E-state index is 5.61. The van der Waals surface area contributed by atoms with Crippen molar-refractivity contribution in [2.75, 3.05) is 26.3 Å². The van der Waals surface area contributed by atoms with E-state index in [9.17, 15) is 0 Å². The van der Waals surface area contributed by atoms with Gasteiger partial charge in [-0.25, -0.2) is 0 Å². The highest BCUT2D eigenvalue weighted by atomic mass is 32.2. The Morgan fingerprint density at radius 2 is 2.25 bits per heavy atom. The molecule has 0 bridgehead atoms. The molecule has 0 N–H and O–H groups in total. The highest BCUT2D eigenvalue weighted by Crippen LogP contribution is 2.29. The summed E-state index contributed by atoms with van der Waals surface area (Å²) >= 11 is 1.67. The first-order chi connectivity index (χ1) is 11.8. The summed E-state index contributed by atoms with van der Waals surface area (Å²) in [4.78, 5) is 0. The Labute approximate surface area is 144 Å². The van der Waals surface area contributed by atoms with Gasteiger partial charge in [-0.2, -0.15) is 0 Å². The van der Waals surface area contributed by atoms with E-state index in [2.05, 4.69) is 33.7 Å². The zero-order chi connectivity index (χ0) is 16.5. The van der Waals surface area contributed by atoms with Crippen LogP contribution in [0.25, 0.3) is 16.6 Å². The summed E-state index contributed by atoms with van der Waals surface area (Å²) in [5.41, 5.74) is 3.09. The third kappa shape index (κ3) is 2.83. The van der Waals surface area contributed by atoms with Gasteiger partial charge in [0.2, 0.25) is 0 Å². The lowest BCUT2D eigenvalue weighted by molar-refractivity contribution is -0.130. The number of nitrogens with zero attached hydrogens (tertiary/aromatic N) is 3. The number of benzene rings is 1. The summed E-state index contributed by atoms with van der Waals surface area (Å²) < 4.78 is 18.3. The second-order valence-electron chi connectivity index (χ2n) is 5.80. The van der Waals surface area contributed by atoms with Crippen molar-refractivity contribution in [3.8, 4) is 5.75 Å². The average Bonchev–Trinajstić information content (AvgIpc) is 3.03. The number of rotatable bonds is 4. The van der Waals surface area contributed by atoms with E-state index in [0.717, 1.165) is 40.9 Å². The van der Waals surface area contributed by atoms with E-state index in [1.807, 2.05) is 12.1 Å². The highest BCUT2D eigenvalue weighted by molar-refractivity contribution is 7.99. The molecule has 126 valence electrons. The number of hydrogen-bond donors (Lipinski definition) is 0. The van der Waals surface area contributed by atoms with Crippen molar-refractivity contribution >= 4 is 28.3 Å². The van der Waals surface area contributed by atoms with Gasteiger partial charge in [0.05, 0.1) is 25.3 Å². The van der Waals surface area contributed by atoms with E-state index >= 15 is 0 Å². The van der Waals surface area contributed by atoms with Gasteiger partial charge in [0.25, 0.3) is 0 Å². The van der Waals surface area contributed by atoms with Gasteiger partial charge in [0, 0.05) is 17.2 Å². The molecule has 1 aromatic carbocycles. The van der Waals surface area contributed by atoms with Crippen LogP contribution in [0.3, 0.4) is 0 Å². The fourth-order valence-electron chi connectivity index (χ4n) is 2.92. The minimum Gasteiger partial charge on any atom is -0.497 e. The Morgan fingerprint density at radius 3 is 3.04 bits per heavy atom. The molecule has 3 aromatic rings. The van der Waals surface area contributed by atoms with E-state index in [1.54, 1.807) is 18.9 Å². The Bertz CT molecular complexity index is 874. The molecule has 1 aliphatic heterocycles. The maximum atomic E-state index is 5.61. The largest absolute Gasteiger partial charge is 0.497 e. The molecule has 7 heteroatoms. The monoisotopic (exact) mass is 345 g/mol. The lowest BCUT2D eigenvalue weighted by Crippen LogP contribution is -2.25. The second kappa shape index (κ2) is 6.58. The van der Waals surface area contributed by atoms with Crippen LogP contribution in [0.5, 0.6) is 5.75 Å². The second-order valence-corrected chi connectivity index (χ2v) is 6.79. The number of aryl methyl sites for hydroxylation is 1. The van der Waals surface area contributed by atoms with Crippen LogP contribution in [0.1, 0.15) is 12.0 Å². The lowest BCUT2D eigenvalue weighted by atomic mass is 10.1. The summed E-state index contributed by atoms with van der Waals surface area (Å²) in [6.45, 7) is 3.22. The Hall–Kier alpha value is -1.83. The normalized spacial score (nSPS) is 18.3. The number of fused-ring (bicyclic) bond motifs is 3. The summed E-state index contributed by atoms with van der Waals surface area (Å²) in [7, 11) is 1.68. The van der Waals surface area contributed by atoms with Gasteiger partial charge in [-0.15, -0.1) is 10.2 Å². The van der Waals surface area contributed by atoms with Crippen LogP contribution in [-0.2, 0) is 9.47 Å². The number of ether oxygens (including phenoxy) is 3. The van der Waals surface area contributed by atoms with Gasteiger partial charge >= 0.3 is 0 Å². The molecule has 0 spiro atoms. The van der Waals surface area contributed by atoms with Crippen molar-refractivity contribution < 1.29 is 14.2 Å². The average molecular weight is 345 g/mol. The van der Waals surface area contributed by atoms with Crippen LogP contribution in [0.2, 0.25) is 0 Å². The van der Waals surface area contributed by atoms with Crippen molar-refractivity contribution in [3.05, 3.63) is 29.8 Å². The molecule has 6 nitrogen and oxygen atoms in total. The van der Waals surface area contributed by atoms with Crippen LogP contribution in [0, 0.1) is 6.92 Å².